The van der Waals surface area contributed by atoms with E-state index in [4.69, 9.17) is 19.4 Å². The molecule has 268 valence electrons. The summed E-state index contributed by atoms with van der Waals surface area (Å²) in [6.45, 7) is 5.99. The molecule has 0 atom stereocenters. The summed E-state index contributed by atoms with van der Waals surface area (Å²) in [4.78, 5) is 44.0. The number of pyridine rings is 2. The Balaban J connectivity index is 0.000000302. The van der Waals surface area contributed by atoms with Gasteiger partial charge < -0.3 is 19.1 Å². The van der Waals surface area contributed by atoms with Crippen LogP contribution < -0.4 is 9.64 Å². The fourth-order valence-corrected chi connectivity index (χ4v) is 9.11. The SMILES string of the molecule is COC(=O)N1CC2(COC2)C1.COc1ccc(C2CCC(CN(C(=O)C3CCCCC3)c3cc(-c4cnc(C5CC5)s4)ccn3)CC2)nc1C. The van der Waals surface area contributed by atoms with E-state index in [0.717, 1.165) is 107 Å². The minimum absolute atomic E-state index is 0.122. The minimum Gasteiger partial charge on any atom is -0.495 e. The van der Waals surface area contributed by atoms with Crippen LogP contribution in [0.3, 0.4) is 0 Å². The number of carbonyl (C=O) groups excluding carboxylic acids is 2. The minimum atomic E-state index is -0.220. The summed E-state index contributed by atoms with van der Waals surface area (Å²) in [5.74, 6) is 3.65. The third-order valence-electron chi connectivity index (χ3n) is 11.3. The van der Waals surface area contributed by atoms with E-state index in [1.807, 2.05) is 30.3 Å². The average molecular weight is 702 g/mol. The van der Waals surface area contributed by atoms with Crippen molar-refractivity contribution in [2.24, 2.45) is 17.3 Å². The van der Waals surface area contributed by atoms with Crippen LogP contribution in [0.25, 0.3) is 10.4 Å². The van der Waals surface area contributed by atoms with E-state index < -0.39 is 0 Å². The first-order valence-electron chi connectivity index (χ1n) is 18.5. The number of methoxy groups -OCH3 is 2. The number of aromatic nitrogens is 3. The summed E-state index contributed by atoms with van der Waals surface area (Å²) < 4.78 is 15.0. The van der Waals surface area contributed by atoms with E-state index in [-0.39, 0.29) is 17.9 Å². The molecule has 10 nitrogen and oxygen atoms in total. The standard InChI is InChI=1S/C32H40N4O2S.C7H11NO3/c1-21-28(38-2)15-14-27(35-21)23-10-8-22(9-11-23)20-36(32(37)25-6-4-3-5-7-25)30-18-26(16-17-33-30)29-19-34-31(39-29)24-12-13-24;1-10-6(9)8-2-7(3-8)4-11-5-7/h14-19,22-25H,3-13,20H2,1-2H3;2-5H2,1H3. The van der Waals surface area contributed by atoms with Crippen molar-refractivity contribution in [3.05, 3.63) is 53.1 Å². The molecule has 2 saturated heterocycles. The second-order valence-electron chi connectivity index (χ2n) is 15.1. The Morgan fingerprint density at radius 3 is 2.34 bits per heavy atom. The second-order valence-corrected chi connectivity index (χ2v) is 16.1. The third-order valence-corrected chi connectivity index (χ3v) is 12.5. The van der Waals surface area contributed by atoms with Crippen LogP contribution in [0.5, 0.6) is 5.75 Å². The molecule has 2 aliphatic heterocycles. The molecule has 5 fully saturated rings. The van der Waals surface area contributed by atoms with E-state index in [9.17, 15) is 9.59 Å². The smallest absolute Gasteiger partial charge is 0.409 e. The van der Waals surface area contributed by atoms with Crippen LogP contribution >= 0.6 is 11.3 Å². The first-order chi connectivity index (χ1) is 24.3. The number of rotatable bonds is 8. The number of anilines is 1. The van der Waals surface area contributed by atoms with E-state index in [2.05, 4.69) is 27.9 Å². The average Bonchev–Trinajstić information content (AvgIpc) is 3.85. The number of hydrogen-bond acceptors (Lipinski definition) is 9. The highest BCUT2D eigenvalue weighted by atomic mass is 32.1. The molecule has 0 bridgehead atoms. The van der Waals surface area contributed by atoms with Gasteiger partial charge in [-0.2, -0.15) is 0 Å². The molecule has 3 saturated carbocycles. The van der Waals surface area contributed by atoms with Gasteiger partial charge >= 0.3 is 6.09 Å². The molecular weight excluding hydrogens is 651 g/mol. The van der Waals surface area contributed by atoms with E-state index >= 15 is 0 Å². The molecule has 0 unspecified atom stereocenters. The molecule has 0 N–H and O–H groups in total. The zero-order valence-electron chi connectivity index (χ0n) is 29.8. The number of carbonyl (C=O) groups is 2. The zero-order chi connectivity index (χ0) is 34.7. The summed E-state index contributed by atoms with van der Waals surface area (Å²) in [5, 5.41) is 1.25. The van der Waals surface area contributed by atoms with E-state index in [0.29, 0.717) is 23.2 Å². The summed E-state index contributed by atoms with van der Waals surface area (Å²) in [6.07, 6.45) is 16.1. The molecule has 3 aliphatic carbocycles. The van der Waals surface area contributed by atoms with Crippen LogP contribution in [0.2, 0.25) is 0 Å². The lowest BCUT2D eigenvalue weighted by atomic mass is 9.78. The highest BCUT2D eigenvalue weighted by Gasteiger charge is 2.51. The molecule has 5 heterocycles. The first kappa shape index (κ1) is 34.9. The topological polar surface area (TPSA) is 107 Å². The largest absolute Gasteiger partial charge is 0.495 e. The van der Waals surface area contributed by atoms with Crippen LogP contribution in [0.15, 0.2) is 36.7 Å². The lowest BCUT2D eigenvalue weighted by Crippen LogP contribution is -2.67. The maximum atomic E-state index is 14.0. The van der Waals surface area contributed by atoms with Crippen molar-refractivity contribution < 1.29 is 23.8 Å². The maximum Gasteiger partial charge on any atom is 0.409 e. The number of hydrogen-bond donors (Lipinski definition) is 0. The van der Waals surface area contributed by atoms with Gasteiger partial charge in [-0.1, -0.05) is 19.3 Å². The number of amides is 2. The summed E-state index contributed by atoms with van der Waals surface area (Å²) >= 11 is 1.79. The van der Waals surface area contributed by atoms with Gasteiger partial charge in [-0.15, -0.1) is 11.3 Å². The summed E-state index contributed by atoms with van der Waals surface area (Å²) in [7, 11) is 3.10. The van der Waals surface area contributed by atoms with Gasteiger partial charge in [0.2, 0.25) is 5.91 Å². The van der Waals surface area contributed by atoms with Gasteiger partial charge in [-0.25, -0.2) is 14.8 Å². The van der Waals surface area contributed by atoms with Gasteiger partial charge in [0.15, 0.2) is 0 Å². The lowest BCUT2D eigenvalue weighted by molar-refractivity contribution is -0.179. The Morgan fingerprint density at radius 1 is 0.960 bits per heavy atom. The van der Waals surface area contributed by atoms with Crippen LogP contribution in [0, 0.1) is 24.2 Å². The molecule has 11 heteroatoms. The Kier molecular flexibility index (Phi) is 10.7. The molecule has 2 amide bonds. The third kappa shape index (κ3) is 7.83. The van der Waals surface area contributed by atoms with Crippen molar-refractivity contribution in [1.82, 2.24) is 19.9 Å². The van der Waals surface area contributed by atoms with Crippen molar-refractivity contribution >= 4 is 29.2 Å². The Bertz CT molecular complexity index is 1630. The molecule has 3 aromatic rings. The van der Waals surface area contributed by atoms with E-state index in [1.54, 1.807) is 23.3 Å². The fraction of sp³-hybridized carbons (Fsp3) is 0.615. The van der Waals surface area contributed by atoms with Crippen LogP contribution in [-0.4, -0.2) is 78.9 Å². The normalized spacial score (nSPS) is 22.8. The predicted molar refractivity (Wildman–Crippen MR) is 194 cm³/mol. The Hall–Kier alpha value is -3.57. The number of likely N-dealkylation sites (tertiary alicyclic amines) is 1. The first-order valence-corrected chi connectivity index (χ1v) is 19.3. The molecule has 0 aromatic carbocycles. The number of thiazole rings is 1. The molecule has 3 aromatic heterocycles. The van der Waals surface area contributed by atoms with Crippen molar-refractivity contribution in [1.29, 1.82) is 0 Å². The fourth-order valence-electron chi connectivity index (χ4n) is 8.03. The van der Waals surface area contributed by atoms with Gasteiger partial charge in [-0.3, -0.25) is 14.7 Å². The number of ether oxygens (including phenoxy) is 3. The van der Waals surface area contributed by atoms with Crippen LogP contribution in [0.1, 0.15) is 98.9 Å². The van der Waals surface area contributed by atoms with Crippen LogP contribution in [-0.2, 0) is 14.3 Å². The highest BCUT2D eigenvalue weighted by Crippen LogP contribution is 2.44. The number of aryl methyl sites for hydroxylation is 1. The monoisotopic (exact) mass is 701 g/mol. The van der Waals surface area contributed by atoms with Gasteiger partial charge in [0, 0.05) is 55.5 Å². The Morgan fingerprint density at radius 2 is 1.70 bits per heavy atom. The highest BCUT2D eigenvalue weighted by molar-refractivity contribution is 7.15. The maximum absolute atomic E-state index is 14.0. The van der Waals surface area contributed by atoms with E-state index in [1.165, 1.54) is 42.0 Å². The van der Waals surface area contributed by atoms with Gasteiger partial charge in [0.25, 0.3) is 0 Å². The lowest BCUT2D eigenvalue weighted by Gasteiger charge is -2.54. The van der Waals surface area contributed by atoms with Crippen molar-refractivity contribution in [2.45, 2.75) is 89.4 Å². The van der Waals surface area contributed by atoms with Crippen molar-refractivity contribution in [3.63, 3.8) is 0 Å². The molecule has 1 spiro atoms. The molecule has 50 heavy (non-hydrogen) atoms. The molecular formula is C39H51N5O5S. The van der Waals surface area contributed by atoms with Crippen molar-refractivity contribution in [3.8, 4) is 16.2 Å². The summed E-state index contributed by atoms with van der Waals surface area (Å²) in [5.41, 5.74) is 3.55. The zero-order valence-corrected chi connectivity index (χ0v) is 30.6. The predicted octanol–water partition coefficient (Wildman–Crippen LogP) is 7.77. The van der Waals surface area contributed by atoms with Crippen molar-refractivity contribution in [2.75, 3.05) is 52.0 Å². The van der Waals surface area contributed by atoms with Gasteiger partial charge in [0.1, 0.15) is 11.6 Å². The van der Waals surface area contributed by atoms with Crippen LogP contribution in [0.4, 0.5) is 10.6 Å². The molecule has 0 radical (unpaired) electrons. The second kappa shape index (κ2) is 15.4. The van der Waals surface area contributed by atoms with Gasteiger partial charge in [-0.05, 0) is 94.0 Å². The molecule has 5 aliphatic rings. The Labute approximate surface area is 299 Å². The number of nitrogens with zero attached hydrogens (tertiary/aromatic N) is 5. The summed E-state index contributed by atoms with van der Waals surface area (Å²) in [6, 6.07) is 8.36. The van der Waals surface area contributed by atoms with Gasteiger partial charge in [0.05, 0.1) is 48.4 Å². The molecule has 8 rings (SSSR count). The quantitative estimate of drug-likeness (QED) is 0.235.